The summed E-state index contributed by atoms with van der Waals surface area (Å²) in [6.45, 7) is 0.817. The number of carboxylic acids is 1. The van der Waals surface area contributed by atoms with Crippen molar-refractivity contribution in [2.45, 2.75) is 42.4 Å². The number of fused-ring (bicyclic) bond motifs is 3. The molecule has 0 amide bonds. The number of aliphatic hydroxyl groups is 1. The molecule has 7 rings (SSSR count). The van der Waals surface area contributed by atoms with E-state index in [-0.39, 0.29) is 18.0 Å². The van der Waals surface area contributed by atoms with Crippen molar-refractivity contribution in [2.75, 3.05) is 20.7 Å². The van der Waals surface area contributed by atoms with E-state index >= 15 is 0 Å². The zero-order valence-electron chi connectivity index (χ0n) is 18.5. The molecule has 3 aromatic rings. The van der Waals surface area contributed by atoms with Crippen LogP contribution in [-0.2, 0) is 18.3 Å². The molecule has 33 heavy (non-hydrogen) atoms. The van der Waals surface area contributed by atoms with Crippen LogP contribution in [0, 0.1) is 0 Å². The SMILES string of the molecule is COc1ccc2c3c1OC1c4nc5ccccc5c(C(=O)O)c4CC4(O)[C@@H](C2)N(C)CC[C@]314. The lowest BCUT2D eigenvalue weighted by atomic mass is 9.48. The Morgan fingerprint density at radius 2 is 2.09 bits per heavy atom. The monoisotopic (exact) mass is 444 g/mol. The van der Waals surface area contributed by atoms with Gasteiger partial charge in [-0.05, 0) is 49.7 Å². The molecule has 0 saturated carbocycles. The van der Waals surface area contributed by atoms with Crippen molar-refractivity contribution in [2.24, 2.45) is 0 Å². The highest BCUT2D eigenvalue weighted by Gasteiger charge is 2.72. The molecule has 1 spiro atoms. The minimum atomic E-state index is -1.18. The number of likely N-dealkylation sites (tertiary alicyclic amines) is 1. The third-order valence-electron chi connectivity index (χ3n) is 8.62. The maximum absolute atomic E-state index is 12.6. The minimum Gasteiger partial charge on any atom is -0.493 e. The highest BCUT2D eigenvalue weighted by atomic mass is 16.5. The van der Waals surface area contributed by atoms with Gasteiger partial charge in [-0.3, -0.25) is 0 Å². The lowest BCUT2D eigenvalue weighted by molar-refractivity contribution is -0.168. The third kappa shape index (κ3) is 2.04. The maximum atomic E-state index is 12.6. The van der Waals surface area contributed by atoms with Crippen molar-refractivity contribution in [3.63, 3.8) is 0 Å². The maximum Gasteiger partial charge on any atom is 0.336 e. The van der Waals surface area contributed by atoms with Gasteiger partial charge in [-0.1, -0.05) is 24.3 Å². The largest absolute Gasteiger partial charge is 0.493 e. The number of methoxy groups -OCH3 is 1. The topological polar surface area (TPSA) is 92.1 Å². The predicted molar refractivity (Wildman–Crippen MR) is 120 cm³/mol. The number of hydrogen-bond donors (Lipinski definition) is 2. The van der Waals surface area contributed by atoms with Crippen LogP contribution in [0.25, 0.3) is 10.9 Å². The van der Waals surface area contributed by atoms with Crippen LogP contribution in [-0.4, -0.2) is 58.4 Å². The molecular formula is C26H24N2O5. The van der Waals surface area contributed by atoms with Crippen LogP contribution < -0.4 is 9.47 Å². The van der Waals surface area contributed by atoms with Gasteiger partial charge in [0.25, 0.3) is 0 Å². The summed E-state index contributed by atoms with van der Waals surface area (Å²) in [4.78, 5) is 19.7. The van der Waals surface area contributed by atoms with Crippen LogP contribution in [0.4, 0.5) is 0 Å². The molecule has 2 aliphatic heterocycles. The van der Waals surface area contributed by atoms with Crippen LogP contribution >= 0.6 is 0 Å². The first-order chi connectivity index (χ1) is 15.9. The van der Waals surface area contributed by atoms with Gasteiger partial charge in [0, 0.05) is 23.4 Å². The molecule has 2 aromatic carbocycles. The summed E-state index contributed by atoms with van der Waals surface area (Å²) in [5.41, 5.74) is 2.37. The Bertz CT molecular complexity index is 1390. The Kier molecular flexibility index (Phi) is 3.54. The van der Waals surface area contributed by atoms with Gasteiger partial charge < -0.3 is 24.6 Å². The molecule has 1 saturated heterocycles. The van der Waals surface area contributed by atoms with Crippen molar-refractivity contribution < 1.29 is 24.5 Å². The second-order valence-corrected chi connectivity index (χ2v) is 9.82. The molecule has 4 aliphatic rings. The molecule has 2 N–H and O–H groups in total. The minimum absolute atomic E-state index is 0.148. The fourth-order valence-electron chi connectivity index (χ4n) is 7.26. The van der Waals surface area contributed by atoms with E-state index in [1.807, 2.05) is 31.3 Å². The molecular weight excluding hydrogens is 420 g/mol. The number of pyridine rings is 1. The Labute approximate surface area is 190 Å². The highest BCUT2D eigenvalue weighted by molar-refractivity contribution is 6.04. The summed E-state index contributed by atoms with van der Waals surface area (Å²) in [5, 5.41) is 23.4. The summed E-state index contributed by atoms with van der Waals surface area (Å²) in [7, 11) is 3.66. The highest BCUT2D eigenvalue weighted by Crippen LogP contribution is 2.68. The number of rotatable bonds is 2. The van der Waals surface area contributed by atoms with Crippen molar-refractivity contribution >= 4 is 16.9 Å². The summed E-state index contributed by atoms with van der Waals surface area (Å²) in [5.74, 6) is 0.298. The zero-order valence-corrected chi connectivity index (χ0v) is 18.5. The number of aromatic nitrogens is 1. The molecule has 7 heteroatoms. The Morgan fingerprint density at radius 3 is 2.88 bits per heavy atom. The van der Waals surface area contributed by atoms with Crippen LogP contribution in [0.1, 0.15) is 45.3 Å². The molecule has 2 bridgehead atoms. The van der Waals surface area contributed by atoms with Gasteiger partial charge in [0.15, 0.2) is 17.6 Å². The van der Waals surface area contributed by atoms with Crippen molar-refractivity contribution in [3.8, 4) is 11.5 Å². The van der Waals surface area contributed by atoms with Gasteiger partial charge in [0.1, 0.15) is 0 Å². The second-order valence-electron chi connectivity index (χ2n) is 9.82. The number of ether oxygens (including phenoxy) is 2. The molecule has 1 fully saturated rings. The third-order valence-corrected chi connectivity index (χ3v) is 8.62. The average molecular weight is 444 g/mol. The summed E-state index contributed by atoms with van der Waals surface area (Å²) in [6, 6.07) is 11.2. The number of piperidine rings is 1. The van der Waals surface area contributed by atoms with Gasteiger partial charge in [-0.25, -0.2) is 9.78 Å². The average Bonchev–Trinajstić information content (AvgIpc) is 3.15. The van der Waals surface area contributed by atoms with E-state index in [2.05, 4.69) is 11.0 Å². The second kappa shape index (κ2) is 6.04. The first-order valence-corrected chi connectivity index (χ1v) is 11.3. The van der Waals surface area contributed by atoms with Crippen LogP contribution in [0.5, 0.6) is 11.5 Å². The van der Waals surface area contributed by atoms with Gasteiger partial charge in [-0.2, -0.15) is 0 Å². The van der Waals surface area contributed by atoms with E-state index in [4.69, 9.17) is 14.5 Å². The number of benzene rings is 2. The number of nitrogens with zero attached hydrogens (tertiary/aromatic N) is 2. The van der Waals surface area contributed by atoms with E-state index in [0.717, 1.165) is 17.7 Å². The smallest absolute Gasteiger partial charge is 0.336 e. The molecule has 2 aliphatic carbocycles. The number of para-hydroxylation sites is 1. The molecule has 3 heterocycles. The molecule has 0 radical (unpaired) electrons. The van der Waals surface area contributed by atoms with Crippen molar-refractivity contribution in [1.29, 1.82) is 0 Å². The fraction of sp³-hybridized carbons (Fsp3) is 0.385. The zero-order chi connectivity index (χ0) is 22.7. The normalized spacial score (nSPS) is 31.0. The van der Waals surface area contributed by atoms with Crippen molar-refractivity contribution in [1.82, 2.24) is 9.88 Å². The van der Waals surface area contributed by atoms with Crippen LogP contribution in [0.3, 0.4) is 0 Å². The van der Waals surface area contributed by atoms with Gasteiger partial charge in [0.05, 0.1) is 34.9 Å². The van der Waals surface area contributed by atoms with Gasteiger partial charge in [-0.15, -0.1) is 0 Å². The van der Waals surface area contributed by atoms with E-state index in [1.165, 1.54) is 0 Å². The molecule has 2 unspecified atom stereocenters. The Hall–Kier alpha value is -3.16. The summed E-state index contributed by atoms with van der Waals surface area (Å²) in [6.07, 6.45) is 1.03. The predicted octanol–water partition coefficient (Wildman–Crippen LogP) is 2.86. The van der Waals surface area contributed by atoms with Crippen molar-refractivity contribution in [3.05, 3.63) is 64.3 Å². The van der Waals surface area contributed by atoms with E-state index < -0.39 is 23.1 Å². The lowest BCUT2D eigenvalue weighted by Gasteiger charge is -2.62. The summed E-state index contributed by atoms with van der Waals surface area (Å²) >= 11 is 0. The molecule has 4 atom stereocenters. The molecule has 1 aromatic heterocycles. The first-order valence-electron chi connectivity index (χ1n) is 11.3. The number of likely N-dealkylation sites (N-methyl/N-ethyl adjacent to an activating group) is 1. The van der Waals surface area contributed by atoms with E-state index in [9.17, 15) is 15.0 Å². The standard InChI is InChI=1S/C26H24N2O5/c1-28-10-9-25-20-13-7-8-17(32-2)22(20)33-23(25)21-15(12-26(25,31)18(28)11-13)19(24(29)30)14-5-3-4-6-16(14)27-21/h3-8,18,23,31H,9-12H2,1-2H3,(H,29,30)/t18-,23?,25+,26?/m1/s1. The number of aromatic carboxylic acids is 1. The lowest BCUT2D eigenvalue weighted by Crippen LogP contribution is -2.74. The van der Waals surface area contributed by atoms with Gasteiger partial charge in [0.2, 0.25) is 0 Å². The quantitative estimate of drug-likeness (QED) is 0.628. The Morgan fingerprint density at radius 1 is 1.27 bits per heavy atom. The van der Waals surface area contributed by atoms with Crippen LogP contribution in [0.2, 0.25) is 0 Å². The molecule has 7 nitrogen and oxygen atoms in total. The van der Waals surface area contributed by atoms with Crippen LogP contribution in [0.15, 0.2) is 36.4 Å². The van der Waals surface area contributed by atoms with Gasteiger partial charge >= 0.3 is 5.97 Å². The molecule has 168 valence electrons. The van der Waals surface area contributed by atoms with E-state index in [0.29, 0.717) is 46.5 Å². The number of hydrogen-bond acceptors (Lipinski definition) is 6. The summed E-state index contributed by atoms with van der Waals surface area (Å²) < 4.78 is 12.3. The number of carbonyl (C=O) groups is 1. The first kappa shape index (κ1) is 19.3. The fourth-order valence-corrected chi connectivity index (χ4v) is 7.26. The number of carboxylic acid groups (broad SMARTS) is 1. The van der Waals surface area contributed by atoms with E-state index in [1.54, 1.807) is 13.2 Å². The Balaban J connectivity index is 1.61.